The molecule has 1 N–H and O–H groups in total. The molecule has 9 nitrogen and oxygen atoms in total. The number of amides is 4. The fourth-order valence-electron chi connectivity index (χ4n) is 13.5. The van der Waals surface area contributed by atoms with Crippen LogP contribution in [0.5, 0.6) is 0 Å². The van der Waals surface area contributed by atoms with Gasteiger partial charge in [-0.15, -0.1) is 0 Å². The Bertz CT molecular complexity index is 2640. The lowest BCUT2D eigenvalue weighted by atomic mass is 9.81. The van der Waals surface area contributed by atoms with E-state index in [9.17, 15) is 14.4 Å². The summed E-state index contributed by atoms with van der Waals surface area (Å²) < 4.78 is 0. The molecule has 4 fully saturated rings. The summed E-state index contributed by atoms with van der Waals surface area (Å²) in [6.45, 7) is 33.8. The monoisotopic (exact) mass is 931 g/mol. The molecule has 4 aromatic carbocycles. The predicted molar refractivity (Wildman–Crippen MR) is 281 cm³/mol. The van der Waals surface area contributed by atoms with E-state index in [2.05, 4.69) is 154 Å². The van der Waals surface area contributed by atoms with Crippen molar-refractivity contribution in [3.63, 3.8) is 0 Å². The summed E-state index contributed by atoms with van der Waals surface area (Å²) in [7, 11) is 0. The van der Waals surface area contributed by atoms with Gasteiger partial charge in [-0.2, -0.15) is 0 Å². The Morgan fingerprint density at radius 3 is 1.39 bits per heavy atom. The molecule has 0 saturated carbocycles. The number of aldehydes is 1. The molecule has 0 bridgehead atoms. The van der Waals surface area contributed by atoms with E-state index in [1.54, 1.807) is 0 Å². The highest BCUT2D eigenvalue weighted by atomic mass is 16.2. The van der Waals surface area contributed by atoms with E-state index in [1.807, 2.05) is 32.0 Å². The molecule has 9 heteroatoms. The van der Waals surface area contributed by atoms with E-state index in [4.69, 9.17) is 0 Å². The van der Waals surface area contributed by atoms with Crippen molar-refractivity contribution >= 4 is 18.3 Å². The molecule has 10 rings (SSSR count). The molecular formula is C60H78N6O3. The Morgan fingerprint density at radius 2 is 0.971 bits per heavy atom. The number of hydrogen-bond donors (Lipinski definition) is 1. The molecular weight excluding hydrogens is 853 g/mol. The predicted octanol–water partition coefficient (Wildman–Crippen LogP) is 12.0. The molecule has 6 aliphatic heterocycles. The van der Waals surface area contributed by atoms with Gasteiger partial charge in [0.2, 0.25) is 0 Å². The van der Waals surface area contributed by atoms with Gasteiger partial charge < -0.3 is 15.1 Å². The van der Waals surface area contributed by atoms with Gasteiger partial charge in [0.15, 0.2) is 0 Å². The minimum atomic E-state index is -0.176. The minimum Gasteiger partial charge on any atom is -0.317 e. The lowest BCUT2D eigenvalue weighted by Gasteiger charge is -2.44. The molecule has 0 unspecified atom stereocenters. The maximum Gasteiger partial charge on any atom is 0.325 e. The number of benzene rings is 4. The number of aryl methyl sites for hydroxylation is 8. The third-order valence-electron chi connectivity index (χ3n) is 15.9. The van der Waals surface area contributed by atoms with Crippen LogP contribution in [-0.4, -0.2) is 93.2 Å². The van der Waals surface area contributed by atoms with Gasteiger partial charge in [-0.1, -0.05) is 108 Å². The van der Waals surface area contributed by atoms with Crippen LogP contribution in [0.2, 0.25) is 0 Å². The van der Waals surface area contributed by atoms with E-state index >= 15 is 0 Å². The third-order valence-corrected chi connectivity index (χ3v) is 15.9. The minimum absolute atomic E-state index is 0.115. The highest BCUT2D eigenvalue weighted by Crippen LogP contribution is 2.49. The topological polar surface area (TPSA) is 79.4 Å². The Labute approximate surface area is 413 Å². The van der Waals surface area contributed by atoms with Crippen molar-refractivity contribution in [2.45, 2.75) is 151 Å². The Morgan fingerprint density at radius 1 is 0.565 bits per heavy atom. The molecule has 6 aliphatic rings. The normalized spacial score (nSPS) is 21.2. The number of fused-ring (bicyclic) bond motifs is 6. The van der Waals surface area contributed by atoms with Crippen molar-refractivity contribution in [3.05, 3.63) is 162 Å². The molecule has 0 aromatic heterocycles. The first-order valence-corrected chi connectivity index (χ1v) is 25.8. The fourth-order valence-corrected chi connectivity index (χ4v) is 13.5. The molecule has 69 heavy (non-hydrogen) atoms. The van der Waals surface area contributed by atoms with Crippen LogP contribution < -0.4 is 5.32 Å². The van der Waals surface area contributed by atoms with Crippen LogP contribution in [0.1, 0.15) is 148 Å². The van der Waals surface area contributed by atoms with Crippen LogP contribution in [-0.2, 0) is 19.6 Å². The van der Waals surface area contributed by atoms with Gasteiger partial charge in [0, 0.05) is 61.5 Å². The first-order chi connectivity index (χ1) is 32.9. The number of rotatable bonds is 5. The summed E-state index contributed by atoms with van der Waals surface area (Å²) >= 11 is 0. The van der Waals surface area contributed by atoms with Crippen molar-refractivity contribution in [2.75, 3.05) is 39.3 Å². The fraction of sp³-hybridized carbons (Fsp3) is 0.483. The quantitative estimate of drug-likeness (QED) is 0.202. The maximum absolute atomic E-state index is 13.7. The number of hydrogen-bond acceptors (Lipinski definition) is 5. The molecule has 4 saturated heterocycles. The molecule has 6 heterocycles. The number of nitrogens with one attached hydrogen (secondary N) is 1. The zero-order valence-corrected chi connectivity index (χ0v) is 43.8. The van der Waals surface area contributed by atoms with Crippen LogP contribution in [0.25, 0.3) is 0 Å². The molecule has 0 radical (unpaired) electrons. The average molecular weight is 931 g/mol. The van der Waals surface area contributed by atoms with Gasteiger partial charge in [0.05, 0.1) is 24.2 Å². The zero-order valence-electron chi connectivity index (χ0n) is 43.8. The SMILES string of the molecule is CCN1C(=O)N2Cc3cc(C)cc(C)c3[C@@H](C)C=C2C12CCN(Cc1cc(C)cc(C)c1)CC2.CCN1C(=O)N2Cc3cc(C)cc(C)c3[C@@H](C)C=C2C12CCNCC2.Cc1cc(C)cc(C=O)c1. The van der Waals surface area contributed by atoms with Crippen molar-refractivity contribution in [1.82, 2.24) is 29.8 Å². The number of likely N-dealkylation sites (N-methyl/N-ethyl adjacent to an activating group) is 2. The number of likely N-dealkylation sites (tertiary alicyclic amines) is 1. The lowest BCUT2D eigenvalue weighted by molar-refractivity contribution is 0.0888. The maximum atomic E-state index is 13.7. The van der Waals surface area contributed by atoms with E-state index in [-0.39, 0.29) is 23.1 Å². The van der Waals surface area contributed by atoms with Gasteiger partial charge in [0.1, 0.15) is 6.29 Å². The van der Waals surface area contributed by atoms with Gasteiger partial charge in [-0.3, -0.25) is 19.5 Å². The smallest absolute Gasteiger partial charge is 0.317 e. The summed E-state index contributed by atoms with van der Waals surface area (Å²) in [6, 6.07) is 22.2. The van der Waals surface area contributed by atoms with Gasteiger partial charge in [0.25, 0.3) is 0 Å². The number of urea groups is 2. The van der Waals surface area contributed by atoms with Crippen LogP contribution in [0.3, 0.4) is 0 Å². The summed E-state index contributed by atoms with van der Waals surface area (Å²) in [5.41, 5.74) is 20.0. The van der Waals surface area contributed by atoms with Crippen LogP contribution >= 0.6 is 0 Å². The first-order valence-electron chi connectivity index (χ1n) is 25.8. The van der Waals surface area contributed by atoms with Crippen LogP contribution in [0.15, 0.2) is 84.2 Å². The number of allylic oxidation sites excluding steroid dienone is 2. The van der Waals surface area contributed by atoms with E-state index in [1.165, 1.54) is 72.6 Å². The zero-order chi connectivity index (χ0) is 49.5. The molecule has 366 valence electrons. The Kier molecular flexibility index (Phi) is 14.5. The second kappa shape index (κ2) is 20.1. The Hall–Kier alpha value is -5.51. The van der Waals surface area contributed by atoms with Crippen molar-refractivity contribution in [2.24, 2.45) is 0 Å². The van der Waals surface area contributed by atoms with Gasteiger partial charge in [-0.25, -0.2) is 9.59 Å². The molecule has 2 atom stereocenters. The van der Waals surface area contributed by atoms with E-state index < -0.39 is 0 Å². The number of nitrogens with zero attached hydrogens (tertiary/aromatic N) is 5. The molecule has 0 aliphatic carbocycles. The van der Waals surface area contributed by atoms with Crippen LogP contribution in [0, 0.1) is 55.4 Å². The standard InChI is InChI=1S/C30H39N3O.C21H29N3O.C9H10O/c1-7-33-29(34)32-19-26-16-22(4)13-23(5)28(26)24(6)17-27(32)30(33)8-10-31(11-9-30)18-25-14-20(2)12-21(3)15-25;1-5-24-20(25)23-13-17-11-14(2)10-15(3)19(17)16(4)12-18(23)21(24)6-8-22-9-7-21;1-7-3-8(2)5-9(4-7)6-10/h12-17,24H,7-11,18-19H2,1-6H3;10-12,16,22H,5-9,13H2,1-4H3;3-6H,1-2H3/t24-;16-;/m00./s1. The number of carbonyl (C=O) groups excluding carboxylic acids is 3. The Balaban J connectivity index is 0.000000160. The lowest BCUT2D eigenvalue weighted by Crippen LogP contribution is -2.53. The van der Waals surface area contributed by atoms with E-state index in [0.29, 0.717) is 24.9 Å². The third kappa shape index (κ3) is 9.58. The first kappa shape index (κ1) is 49.9. The highest BCUT2D eigenvalue weighted by Gasteiger charge is 2.56. The summed E-state index contributed by atoms with van der Waals surface area (Å²) in [5, 5.41) is 3.47. The summed E-state index contributed by atoms with van der Waals surface area (Å²) in [5.74, 6) is 0.650. The van der Waals surface area contributed by atoms with Crippen molar-refractivity contribution < 1.29 is 14.4 Å². The molecule has 4 amide bonds. The van der Waals surface area contributed by atoms with Crippen molar-refractivity contribution in [3.8, 4) is 0 Å². The number of carbonyl (C=O) groups is 3. The van der Waals surface area contributed by atoms with Crippen LogP contribution in [0.4, 0.5) is 9.59 Å². The second-order valence-corrected chi connectivity index (χ2v) is 21.3. The van der Waals surface area contributed by atoms with Crippen molar-refractivity contribution in [1.29, 1.82) is 0 Å². The summed E-state index contributed by atoms with van der Waals surface area (Å²) in [6.07, 6.45) is 9.70. The van der Waals surface area contributed by atoms with Gasteiger partial charge >= 0.3 is 12.1 Å². The molecule has 4 aromatic rings. The largest absolute Gasteiger partial charge is 0.325 e. The second-order valence-electron chi connectivity index (χ2n) is 21.3. The highest BCUT2D eigenvalue weighted by molar-refractivity contribution is 5.84. The number of piperidine rings is 2. The molecule has 2 spiro atoms. The average Bonchev–Trinajstić information content (AvgIpc) is 3.43. The van der Waals surface area contributed by atoms with E-state index in [0.717, 1.165) is 94.5 Å². The summed E-state index contributed by atoms with van der Waals surface area (Å²) in [4.78, 5) is 48.4. The van der Waals surface area contributed by atoms with Gasteiger partial charge in [-0.05, 0) is 159 Å².